The summed E-state index contributed by atoms with van der Waals surface area (Å²) in [6.07, 6.45) is 5.77. The zero-order valence-electron chi connectivity index (χ0n) is 9.60. The molecular formula is C13H15N3O. The average Bonchev–Trinajstić information content (AvgIpc) is 3.02. The third-order valence-corrected chi connectivity index (χ3v) is 4.19. The Kier molecular flexibility index (Phi) is 1.99. The van der Waals surface area contributed by atoms with E-state index in [2.05, 4.69) is 15.3 Å². The van der Waals surface area contributed by atoms with Crippen LogP contribution in [0.4, 0.5) is 0 Å². The predicted molar refractivity (Wildman–Crippen MR) is 63.4 cm³/mol. The molecule has 0 spiro atoms. The molecule has 2 fully saturated rings. The Morgan fingerprint density at radius 1 is 1.35 bits per heavy atom. The first-order valence-corrected chi connectivity index (χ1v) is 6.36. The highest BCUT2D eigenvalue weighted by Crippen LogP contribution is 2.44. The number of nitrogens with one attached hydrogen (secondary N) is 1. The Labute approximate surface area is 99.4 Å². The van der Waals surface area contributed by atoms with E-state index in [0.717, 1.165) is 29.6 Å². The summed E-state index contributed by atoms with van der Waals surface area (Å²) in [5.74, 6) is 2.36. The van der Waals surface area contributed by atoms with Crippen molar-refractivity contribution in [1.29, 1.82) is 0 Å². The molecule has 3 heterocycles. The second-order valence-corrected chi connectivity index (χ2v) is 5.12. The van der Waals surface area contributed by atoms with Crippen molar-refractivity contribution in [2.45, 2.75) is 25.3 Å². The van der Waals surface area contributed by atoms with Crippen LogP contribution in [-0.2, 0) is 0 Å². The number of oxazole rings is 1. The first kappa shape index (κ1) is 9.59. The SMILES string of the molecule is c1cnc2nc(C3NCC4CCCC43)oc2c1. The summed E-state index contributed by atoms with van der Waals surface area (Å²) < 4.78 is 5.82. The van der Waals surface area contributed by atoms with Gasteiger partial charge in [-0.15, -0.1) is 0 Å². The van der Waals surface area contributed by atoms with E-state index >= 15 is 0 Å². The van der Waals surface area contributed by atoms with Gasteiger partial charge in [0.05, 0.1) is 6.04 Å². The van der Waals surface area contributed by atoms with Gasteiger partial charge < -0.3 is 9.73 Å². The van der Waals surface area contributed by atoms with Crippen molar-refractivity contribution >= 4 is 11.2 Å². The highest BCUT2D eigenvalue weighted by Gasteiger charge is 2.41. The molecule has 2 aromatic rings. The molecule has 1 aliphatic carbocycles. The number of fused-ring (bicyclic) bond motifs is 2. The van der Waals surface area contributed by atoms with Crippen molar-refractivity contribution in [1.82, 2.24) is 15.3 Å². The van der Waals surface area contributed by atoms with Gasteiger partial charge in [0.25, 0.3) is 0 Å². The van der Waals surface area contributed by atoms with E-state index in [0.29, 0.717) is 12.0 Å². The van der Waals surface area contributed by atoms with E-state index in [9.17, 15) is 0 Å². The molecule has 0 aromatic carbocycles. The van der Waals surface area contributed by atoms with Gasteiger partial charge in [-0.25, -0.2) is 4.98 Å². The third kappa shape index (κ3) is 1.40. The maximum atomic E-state index is 5.82. The number of pyridine rings is 1. The van der Waals surface area contributed by atoms with Crippen LogP contribution >= 0.6 is 0 Å². The number of hydrogen-bond acceptors (Lipinski definition) is 4. The lowest BCUT2D eigenvalue weighted by Gasteiger charge is -2.13. The topological polar surface area (TPSA) is 51.0 Å². The van der Waals surface area contributed by atoms with Crippen LogP contribution in [-0.4, -0.2) is 16.5 Å². The summed E-state index contributed by atoms with van der Waals surface area (Å²) in [5.41, 5.74) is 1.52. The van der Waals surface area contributed by atoms with Crippen molar-refractivity contribution in [3.8, 4) is 0 Å². The molecule has 17 heavy (non-hydrogen) atoms. The summed E-state index contributed by atoms with van der Waals surface area (Å²) in [4.78, 5) is 8.74. The fourth-order valence-corrected chi connectivity index (χ4v) is 3.38. The second-order valence-electron chi connectivity index (χ2n) is 5.12. The molecule has 1 saturated carbocycles. The maximum Gasteiger partial charge on any atom is 0.214 e. The van der Waals surface area contributed by atoms with Crippen LogP contribution in [0, 0.1) is 11.8 Å². The van der Waals surface area contributed by atoms with E-state index in [-0.39, 0.29) is 0 Å². The van der Waals surface area contributed by atoms with Gasteiger partial charge in [0.2, 0.25) is 5.89 Å². The number of hydrogen-bond donors (Lipinski definition) is 1. The number of nitrogens with zero attached hydrogens (tertiary/aromatic N) is 2. The van der Waals surface area contributed by atoms with Gasteiger partial charge in [-0.3, -0.25) is 0 Å². The van der Waals surface area contributed by atoms with Crippen molar-refractivity contribution in [3.63, 3.8) is 0 Å². The molecule has 2 aliphatic rings. The minimum absolute atomic E-state index is 0.302. The number of rotatable bonds is 1. The van der Waals surface area contributed by atoms with Gasteiger partial charge in [0, 0.05) is 6.20 Å². The summed E-state index contributed by atoms with van der Waals surface area (Å²) >= 11 is 0. The van der Waals surface area contributed by atoms with E-state index in [1.54, 1.807) is 6.20 Å². The maximum absolute atomic E-state index is 5.82. The van der Waals surface area contributed by atoms with Gasteiger partial charge in [0.1, 0.15) is 0 Å². The first-order valence-electron chi connectivity index (χ1n) is 6.36. The zero-order valence-corrected chi connectivity index (χ0v) is 9.60. The number of aromatic nitrogens is 2. The summed E-state index contributed by atoms with van der Waals surface area (Å²) in [6, 6.07) is 4.12. The largest absolute Gasteiger partial charge is 0.437 e. The molecule has 1 N–H and O–H groups in total. The lowest BCUT2D eigenvalue weighted by molar-refractivity contribution is 0.356. The van der Waals surface area contributed by atoms with Gasteiger partial charge in [-0.2, -0.15) is 4.98 Å². The highest BCUT2D eigenvalue weighted by molar-refractivity contribution is 5.67. The molecule has 0 amide bonds. The molecule has 1 aliphatic heterocycles. The second kappa shape index (κ2) is 3.53. The molecule has 0 bridgehead atoms. The lowest BCUT2D eigenvalue weighted by Crippen LogP contribution is -2.17. The normalized spacial score (nSPS) is 32.1. The third-order valence-electron chi connectivity index (χ3n) is 4.19. The van der Waals surface area contributed by atoms with Crippen molar-refractivity contribution < 1.29 is 4.42 Å². The summed E-state index contributed by atoms with van der Waals surface area (Å²) in [7, 11) is 0. The molecule has 3 unspecified atom stereocenters. The fourth-order valence-electron chi connectivity index (χ4n) is 3.38. The van der Waals surface area contributed by atoms with E-state index in [1.807, 2.05) is 12.1 Å². The highest BCUT2D eigenvalue weighted by atomic mass is 16.3. The Balaban J connectivity index is 1.74. The van der Waals surface area contributed by atoms with E-state index in [1.165, 1.54) is 19.3 Å². The van der Waals surface area contributed by atoms with Gasteiger partial charge >= 0.3 is 0 Å². The molecular weight excluding hydrogens is 214 g/mol. The molecule has 3 atom stereocenters. The molecule has 88 valence electrons. The average molecular weight is 229 g/mol. The van der Waals surface area contributed by atoms with Crippen LogP contribution in [0.25, 0.3) is 11.2 Å². The Bertz CT molecular complexity index is 517. The van der Waals surface area contributed by atoms with Gasteiger partial charge in [-0.05, 0) is 43.4 Å². The fraction of sp³-hybridized carbons (Fsp3) is 0.538. The minimum Gasteiger partial charge on any atom is -0.437 e. The first-order chi connectivity index (χ1) is 8.42. The Hall–Kier alpha value is -1.42. The van der Waals surface area contributed by atoms with Crippen molar-refractivity contribution in [2.24, 2.45) is 11.8 Å². The van der Waals surface area contributed by atoms with Crippen LogP contribution in [0.5, 0.6) is 0 Å². The van der Waals surface area contributed by atoms with Crippen molar-refractivity contribution in [2.75, 3.05) is 6.54 Å². The quantitative estimate of drug-likeness (QED) is 0.815. The smallest absolute Gasteiger partial charge is 0.214 e. The zero-order chi connectivity index (χ0) is 11.2. The summed E-state index contributed by atoms with van der Waals surface area (Å²) in [6.45, 7) is 1.11. The molecule has 1 saturated heterocycles. The van der Waals surface area contributed by atoms with Crippen LogP contribution in [0.1, 0.15) is 31.2 Å². The lowest BCUT2D eigenvalue weighted by atomic mass is 9.94. The van der Waals surface area contributed by atoms with Crippen LogP contribution in [0.15, 0.2) is 22.7 Å². The Morgan fingerprint density at radius 2 is 2.35 bits per heavy atom. The predicted octanol–water partition coefficient (Wildman–Crippen LogP) is 2.28. The standard InChI is InChI=1S/C13H15N3O/c1-3-8-7-15-11(9(8)4-1)13-16-12-10(17-13)5-2-6-14-12/h2,5-6,8-9,11,15H,1,3-4,7H2. The minimum atomic E-state index is 0.302. The molecule has 0 radical (unpaired) electrons. The molecule has 2 aromatic heterocycles. The van der Waals surface area contributed by atoms with Gasteiger partial charge in [-0.1, -0.05) is 6.42 Å². The van der Waals surface area contributed by atoms with Gasteiger partial charge in [0.15, 0.2) is 11.2 Å². The van der Waals surface area contributed by atoms with Crippen LogP contribution in [0.2, 0.25) is 0 Å². The van der Waals surface area contributed by atoms with E-state index < -0.39 is 0 Å². The molecule has 4 rings (SSSR count). The van der Waals surface area contributed by atoms with Crippen LogP contribution in [0.3, 0.4) is 0 Å². The summed E-state index contributed by atoms with van der Waals surface area (Å²) in [5, 5.41) is 3.55. The Morgan fingerprint density at radius 3 is 3.29 bits per heavy atom. The monoisotopic (exact) mass is 229 g/mol. The van der Waals surface area contributed by atoms with E-state index in [4.69, 9.17) is 4.42 Å². The molecule has 4 nitrogen and oxygen atoms in total. The van der Waals surface area contributed by atoms with Crippen LogP contribution < -0.4 is 5.32 Å². The molecule has 4 heteroatoms. The van der Waals surface area contributed by atoms with Crippen molar-refractivity contribution in [3.05, 3.63) is 24.2 Å².